The Morgan fingerprint density at radius 1 is 0.122 bits per heavy atom. The molecule has 0 aromatic heterocycles. The smallest absolute Gasteiger partial charge is 0.0619 e. The summed E-state index contributed by atoms with van der Waals surface area (Å²) in [4.78, 5) is 4.93. The van der Waals surface area contributed by atoms with Gasteiger partial charge in [-0.05, 0) is 126 Å². The van der Waals surface area contributed by atoms with Crippen LogP contribution in [0.4, 0.5) is 34.1 Å². The fourth-order valence-electron chi connectivity index (χ4n) is 11.7. The number of hydrogen-bond acceptors (Lipinski definition) is 2. The average Bonchev–Trinajstić information content (AvgIpc) is 3.73. The van der Waals surface area contributed by atoms with Crippen molar-refractivity contribution in [2.75, 3.05) is 9.80 Å². The molecule has 0 unspecified atom stereocenters. The lowest BCUT2D eigenvalue weighted by atomic mass is 9.94. The number of fused-ring (bicyclic) bond motifs is 2. The molecule has 0 aliphatic carbocycles. The lowest BCUT2D eigenvalue weighted by Crippen LogP contribution is -2.14. The molecule has 0 atom stereocenters. The molecule has 0 radical (unpaired) electrons. The van der Waals surface area contributed by atoms with Gasteiger partial charge in [-0.2, -0.15) is 0 Å². The first-order chi connectivity index (χ1) is 40.7. The van der Waals surface area contributed by atoms with E-state index in [9.17, 15) is 0 Å². The van der Waals surface area contributed by atoms with Crippen molar-refractivity contribution in [3.63, 3.8) is 0 Å². The fourth-order valence-corrected chi connectivity index (χ4v) is 11.7. The van der Waals surface area contributed by atoms with Crippen molar-refractivity contribution in [1.82, 2.24) is 0 Å². The van der Waals surface area contributed by atoms with Crippen molar-refractivity contribution in [2.24, 2.45) is 0 Å². The normalized spacial score (nSPS) is 11.2. The minimum Gasteiger partial charge on any atom is -0.309 e. The summed E-state index contributed by atoms with van der Waals surface area (Å²) >= 11 is 0. The number of anilines is 6. The number of rotatable bonds is 13. The average molecular weight is 1050 g/mol. The Morgan fingerprint density at radius 2 is 0.256 bits per heavy atom. The summed E-state index contributed by atoms with van der Waals surface area (Å²) in [6, 6.07) is 123. The highest BCUT2D eigenvalue weighted by atomic mass is 15.2. The molecule has 0 bridgehead atoms. The molecule has 0 aliphatic rings. The topological polar surface area (TPSA) is 6.48 Å². The van der Waals surface area contributed by atoms with Crippen molar-refractivity contribution in [1.29, 1.82) is 0 Å². The molecular weight excluding hydrogens is 989 g/mol. The summed E-state index contributed by atoms with van der Waals surface area (Å²) in [5.41, 5.74) is 23.1. The molecule has 14 aromatic carbocycles. The van der Waals surface area contributed by atoms with Crippen LogP contribution in [0.3, 0.4) is 0 Å². The molecule has 0 heterocycles. The van der Waals surface area contributed by atoms with E-state index in [4.69, 9.17) is 0 Å². The third kappa shape index (κ3) is 9.80. The Kier molecular flexibility index (Phi) is 13.4. The van der Waals surface area contributed by atoms with Crippen LogP contribution in [-0.4, -0.2) is 0 Å². The van der Waals surface area contributed by atoms with Crippen LogP contribution in [0.25, 0.3) is 99.4 Å². The van der Waals surface area contributed by atoms with Gasteiger partial charge in [-0.25, -0.2) is 0 Å². The Balaban J connectivity index is 0.889. The highest BCUT2D eigenvalue weighted by Gasteiger charge is 2.26. The summed E-state index contributed by atoms with van der Waals surface area (Å²) in [6.07, 6.45) is 0. The lowest BCUT2D eigenvalue weighted by Gasteiger charge is -2.33. The van der Waals surface area contributed by atoms with E-state index in [1.54, 1.807) is 0 Å². The predicted octanol–water partition coefficient (Wildman–Crippen LogP) is 22.6. The predicted molar refractivity (Wildman–Crippen MR) is 349 cm³/mol. The van der Waals surface area contributed by atoms with Crippen molar-refractivity contribution < 1.29 is 0 Å². The maximum atomic E-state index is 2.46. The Hall–Kier alpha value is -10.8. The molecular formula is C80H56N2. The summed E-state index contributed by atoms with van der Waals surface area (Å²) in [7, 11) is 0. The van der Waals surface area contributed by atoms with Crippen LogP contribution in [0.15, 0.2) is 340 Å². The van der Waals surface area contributed by atoms with E-state index < -0.39 is 0 Å². The highest BCUT2D eigenvalue weighted by molar-refractivity contribution is 6.23. The Labute approximate surface area is 480 Å². The second-order valence-electron chi connectivity index (χ2n) is 20.8. The van der Waals surface area contributed by atoms with Gasteiger partial charge in [0.25, 0.3) is 0 Å². The van der Waals surface area contributed by atoms with Crippen LogP contribution in [0.2, 0.25) is 0 Å². The zero-order valence-corrected chi connectivity index (χ0v) is 45.2. The second kappa shape index (κ2) is 22.1. The molecule has 0 saturated heterocycles. The van der Waals surface area contributed by atoms with Crippen molar-refractivity contribution in [2.45, 2.75) is 0 Å². The lowest BCUT2D eigenvalue weighted by molar-refractivity contribution is 1.29. The van der Waals surface area contributed by atoms with E-state index in [0.717, 1.165) is 66.8 Å². The third-order valence-corrected chi connectivity index (χ3v) is 15.9. The molecule has 2 heteroatoms. The summed E-state index contributed by atoms with van der Waals surface area (Å²) in [6.45, 7) is 0. The van der Waals surface area contributed by atoms with Crippen LogP contribution in [-0.2, 0) is 0 Å². The number of hydrogen-bond donors (Lipinski definition) is 0. The highest BCUT2D eigenvalue weighted by Crippen LogP contribution is 2.51. The van der Waals surface area contributed by atoms with Crippen molar-refractivity contribution in [3.8, 4) is 77.9 Å². The van der Waals surface area contributed by atoms with Gasteiger partial charge in [0.15, 0.2) is 0 Å². The van der Waals surface area contributed by atoms with Crippen LogP contribution < -0.4 is 9.80 Å². The first kappa shape index (κ1) is 49.5. The number of benzene rings is 14. The molecule has 0 amide bonds. The SMILES string of the molecule is c1ccc(-c2ccc(-c3ccc(-c4ccc(N(c5ccc(-c6ccccc6)cc5)c5c6ccccc6c(N(c6ccc(-c7ccccc7)cc6)c6ccc(-c7ccc(-c8ccccc8)cc7)cc6)c6ccccc56)cc4)cc3)cc2)cc1. The van der Waals surface area contributed by atoms with Gasteiger partial charge in [-0.15, -0.1) is 0 Å². The quantitative estimate of drug-likeness (QED) is 0.0839. The molecule has 0 N–H and O–H groups in total. The summed E-state index contributed by atoms with van der Waals surface area (Å²) < 4.78 is 0. The molecule has 0 fully saturated rings. The molecule has 386 valence electrons. The van der Waals surface area contributed by atoms with Gasteiger partial charge in [0.1, 0.15) is 0 Å². The largest absolute Gasteiger partial charge is 0.309 e. The summed E-state index contributed by atoms with van der Waals surface area (Å²) in [5, 5.41) is 4.56. The first-order valence-corrected chi connectivity index (χ1v) is 28.1. The van der Waals surface area contributed by atoms with Gasteiger partial charge in [0.05, 0.1) is 11.4 Å². The minimum atomic E-state index is 1.06. The Bertz CT molecular complexity index is 4390. The van der Waals surface area contributed by atoms with E-state index in [2.05, 4.69) is 350 Å². The fraction of sp³-hybridized carbons (Fsp3) is 0. The van der Waals surface area contributed by atoms with Gasteiger partial charge in [-0.1, -0.05) is 291 Å². The van der Waals surface area contributed by atoms with Crippen LogP contribution in [0.1, 0.15) is 0 Å². The van der Waals surface area contributed by atoms with Crippen LogP contribution in [0.5, 0.6) is 0 Å². The second-order valence-corrected chi connectivity index (χ2v) is 20.8. The van der Waals surface area contributed by atoms with E-state index >= 15 is 0 Å². The van der Waals surface area contributed by atoms with Gasteiger partial charge in [-0.3, -0.25) is 0 Å². The standard InChI is InChI=1S/C80H56N2/c1-5-17-57(18-6-1)61-29-33-63(34-30-61)64-37-39-66(40-38-64)70-47-55-74(56-48-70)82(72-51-43-68(44-52-72)60-23-11-4-12-24-60)80-77-27-15-13-25-75(77)79(76-26-14-16-28-78(76)80)81(71-49-41-67(42-50-71)59-21-9-3-10-22-59)73-53-45-69(46-54-73)65-35-31-62(32-36-65)58-19-7-2-8-20-58/h1-56H. The van der Waals surface area contributed by atoms with E-state index in [1.807, 2.05) is 0 Å². The zero-order chi connectivity index (χ0) is 54.6. The van der Waals surface area contributed by atoms with E-state index in [1.165, 1.54) is 66.8 Å². The molecule has 0 saturated carbocycles. The molecule has 0 aliphatic heterocycles. The van der Waals surface area contributed by atoms with Gasteiger partial charge >= 0.3 is 0 Å². The van der Waals surface area contributed by atoms with Crippen molar-refractivity contribution >= 4 is 55.7 Å². The monoisotopic (exact) mass is 1040 g/mol. The molecule has 2 nitrogen and oxygen atoms in total. The molecule has 14 rings (SSSR count). The zero-order valence-electron chi connectivity index (χ0n) is 45.2. The maximum absolute atomic E-state index is 2.46. The van der Waals surface area contributed by atoms with Crippen LogP contribution in [0, 0.1) is 0 Å². The van der Waals surface area contributed by atoms with Gasteiger partial charge in [0.2, 0.25) is 0 Å². The number of nitrogens with zero attached hydrogens (tertiary/aromatic N) is 2. The Morgan fingerprint density at radius 3 is 0.427 bits per heavy atom. The van der Waals surface area contributed by atoms with Gasteiger partial charge < -0.3 is 9.80 Å². The van der Waals surface area contributed by atoms with Crippen LogP contribution >= 0.6 is 0 Å². The minimum absolute atomic E-state index is 1.06. The third-order valence-electron chi connectivity index (χ3n) is 15.9. The van der Waals surface area contributed by atoms with Gasteiger partial charge in [0, 0.05) is 44.3 Å². The summed E-state index contributed by atoms with van der Waals surface area (Å²) in [5.74, 6) is 0. The van der Waals surface area contributed by atoms with Crippen molar-refractivity contribution in [3.05, 3.63) is 340 Å². The maximum Gasteiger partial charge on any atom is 0.0619 e. The molecule has 14 aromatic rings. The molecule has 0 spiro atoms. The van der Waals surface area contributed by atoms with E-state index in [-0.39, 0.29) is 0 Å². The molecule has 82 heavy (non-hydrogen) atoms. The van der Waals surface area contributed by atoms with E-state index in [0.29, 0.717) is 0 Å². The first-order valence-electron chi connectivity index (χ1n) is 28.1.